The maximum absolute atomic E-state index is 10.4. The topological polar surface area (TPSA) is 106 Å². The van der Waals surface area contributed by atoms with E-state index in [4.69, 9.17) is 10.5 Å². The molecule has 2 unspecified atom stereocenters. The molecule has 2 aromatic rings. The highest BCUT2D eigenvalue weighted by Crippen LogP contribution is 2.39. The van der Waals surface area contributed by atoms with Gasteiger partial charge in [0, 0.05) is 6.20 Å². The molecular weight excluding hydrogens is 248 g/mol. The molecule has 1 aliphatic heterocycles. The zero-order valence-electron chi connectivity index (χ0n) is 10.7. The van der Waals surface area contributed by atoms with Gasteiger partial charge in [-0.2, -0.15) is 0 Å². The van der Waals surface area contributed by atoms with Gasteiger partial charge in [0.25, 0.3) is 0 Å². The SMILES string of the molecule is C[C@H]1O[C@@H](n2ccc3c(N)ncnc32)C(C)(O)C1O. The molecule has 0 bridgehead atoms. The molecule has 0 aliphatic carbocycles. The maximum Gasteiger partial charge on any atom is 0.166 e. The van der Waals surface area contributed by atoms with Crippen LogP contribution in [0.3, 0.4) is 0 Å². The van der Waals surface area contributed by atoms with Crippen molar-refractivity contribution < 1.29 is 14.9 Å². The number of ether oxygens (including phenoxy) is 1. The highest BCUT2D eigenvalue weighted by Gasteiger charge is 2.51. The molecule has 19 heavy (non-hydrogen) atoms. The summed E-state index contributed by atoms with van der Waals surface area (Å²) in [5.41, 5.74) is 4.94. The highest BCUT2D eigenvalue weighted by molar-refractivity contribution is 5.86. The van der Waals surface area contributed by atoms with Crippen molar-refractivity contribution in [1.82, 2.24) is 14.5 Å². The molecule has 4 N–H and O–H groups in total. The predicted molar refractivity (Wildman–Crippen MR) is 68.2 cm³/mol. The number of anilines is 1. The van der Waals surface area contributed by atoms with E-state index in [0.717, 1.165) is 0 Å². The van der Waals surface area contributed by atoms with Gasteiger partial charge in [0.15, 0.2) is 6.23 Å². The number of aliphatic hydroxyl groups excluding tert-OH is 1. The van der Waals surface area contributed by atoms with Gasteiger partial charge in [0.1, 0.15) is 29.5 Å². The molecule has 0 aromatic carbocycles. The van der Waals surface area contributed by atoms with Gasteiger partial charge in [0.05, 0.1) is 11.5 Å². The average Bonchev–Trinajstić information content (AvgIpc) is 2.86. The van der Waals surface area contributed by atoms with Crippen LogP contribution in [0.15, 0.2) is 18.6 Å². The van der Waals surface area contributed by atoms with Crippen molar-refractivity contribution in [2.45, 2.75) is 37.9 Å². The Kier molecular flexibility index (Phi) is 2.53. The largest absolute Gasteiger partial charge is 0.387 e. The Labute approximate surface area is 109 Å². The van der Waals surface area contributed by atoms with Crippen LogP contribution in [-0.2, 0) is 4.74 Å². The van der Waals surface area contributed by atoms with Crippen LogP contribution in [0.1, 0.15) is 20.1 Å². The molecule has 1 aliphatic rings. The van der Waals surface area contributed by atoms with Crippen LogP contribution in [-0.4, -0.2) is 42.6 Å². The summed E-state index contributed by atoms with van der Waals surface area (Å²) < 4.78 is 7.31. The van der Waals surface area contributed by atoms with Crippen LogP contribution in [0.2, 0.25) is 0 Å². The number of fused-ring (bicyclic) bond motifs is 1. The Hall–Kier alpha value is -1.70. The van der Waals surface area contributed by atoms with Crippen LogP contribution in [0, 0.1) is 0 Å². The Morgan fingerprint density at radius 1 is 1.47 bits per heavy atom. The first-order valence-electron chi connectivity index (χ1n) is 6.06. The van der Waals surface area contributed by atoms with E-state index >= 15 is 0 Å². The molecular formula is C12H16N4O3. The molecule has 3 heterocycles. The van der Waals surface area contributed by atoms with Gasteiger partial charge in [-0.25, -0.2) is 9.97 Å². The molecule has 1 saturated heterocycles. The molecule has 0 spiro atoms. The fourth-order valence-electron chi connectivity index (χ4n) is 2.56. The third-order valence-corrected chi connectivity index (χ3v) is 3.68. The van der Waals surface area contributed by atoms with E-state index < -0.39 is 24.0 Å². The smallest absolute Gasteiger partial charge is 0.166 e. The van der Waals surface area contributed by atoms with Gasteiger partial charge < -0.3 is 25.3 Å². The Morgan fingerprint density at radius 3 is 2.84 bits per heavy atom. The maximum atomic E-state index is 10.4. The summed E-state index contributed by atoms with van der Waals surface area (Å²) in [6.45, 7) is 3.26. The van der Waals surface area contributed by atoms with Crippen LogP contribution >= 0.6 is 0 Å². The van der Waals surface area contributed by atoms with Crippen molar-refractivity contribution in [2.24, 2.45) is 0 Å². The lowest BCUT2D eigenvalue weighted by Crippen LogP contribution is -2.43. The quantitative estimate of drug-likeness (QED) is 0.671. The zero-order valence-corrected chi connectivity index (χ0v) is 10.7. The summed E-state index contributed by atoms with van der Waals surface area (Å²) in [4.78, 5) is 8.08. The number of nitrogens with two attached hydrogens (primary N) is 1. The first-order valence-corrected chi connectivity index (χ1v) is 6.06. The molecule has 7 heteroatoms. The van der Waals surface area contributed by atoms with Crippen LogP contribution < -0.4 is 5.73 Å². The minimum Gasteiger partial charge on any atom is -0.387 e. The molecule has 3 rings (SSSR count). The van der Waals surface area contributed by atoms with Crippen LogP contribution in [0.4, 0.5) is 5.82 Å². The second-order valence-electron chi connectivity index (χ2n) is 5.08. The van der Waals surface area contributed by atoms with Gasteiger partial charge in [-0.05, 0) is 19.9 Å². The normalized spacial score (nSPS) is 35.1. The molecule has 7 nitrogen and oxygen atoms in total. The molecule has 102 valence electrons. The average molecular weight is 264 g/mol. The third kappa shape index (κ3) is 1.62. The predicted octanol–water partition coefficient (Wildman–Crippen LogP) is 0.0427. The van der Waals surface area contributed by atoms with Gasteiger partial charge >= 0.3 is 0 Å². The van der Waals surface area contributed by atoms with E-state index in [1.165, 1.54) is 6.33 Å². The summed E-state index contributed by atoms with van der Waals surface area (Å²) in [5.74, 6) is 0.370. The van der Waals surface area contributed by atoms with E-state index in [1.807, 2.05) is 0 Å². The number of nitrogen functional groups attached to an aromatic ring is 1. The van der Waals surface area contributed by atoms with Crippen molar-refractivity contribution in [2.75, 3.05) is 5.73 Å². The van der Waals surface area contributed by atoms with Gasteiger partial charge in [0.2, 0.25) is 0 Å². The first kappa shape index (κ1) is 12.3. The number of aromatic nitrogens is 3. The standard InChI is InChI=1S/C12H16N4O3/c1-6-8(17)12(2,18)11(19-6)16-4-3-7-9(13)14-5-15-10(7)16/h3-6,8,11,17-18H,1-2H3,(H2,13,14,15)/t6-,8?,11-,12?/m1/s1. The lowest BCUT2D eigenvalue weighted by atomic mass is 9.97. The molecule has 0 radical (unpaired) electrons. The lowest BCUT2D eigenvalue weighted by Gasteiger charge is -2.27. The second-order valence-corrected chi connectivity index (χ2v) is 5.08. The van der Waals surface area contributed by atoms with Crippen molar-refractivity contribution in [3.63, 3.8) is 0 Å². The van der Waals surface area contributed by atoms with Crippen molar-refractivity contribution in [3.8, 4) is 0 Å². The van der Waals surface area contributed by atoms with Gasteiger partial charge in [-0.15, -0.1) is 0 Å². The van der Waals surface area contributed by atoms with Crippen LogP contribution in [0.25, 0.3) is 11.0 Å². The fraction of sp³-hybridized carbons (Fsp3) is 0.500. The van der Waals surface area contributed by atoms with E-state index in [1.54, 1.807) is 30.7 Å². The van der Waals surface area contributed by atoms with Gasteiger partial charge in [-0.3, -0.25) is 0 Å². The molecule has 0 saturated carbocycles. The summed E-state index contributed by atoms with van der Waals surface area (Å²) in [6.07, 6.45) is 0.937. The number of hydrogen-bond donors (Lipinski definition) is 3. The van der Waals surface area contributed by atoms with Crippen molar-refractivity contribution >= 4 is 16.9 Å². The minimum absolute atomic E-state index is 0.370. The number of aliphatic hydroxyl groups is 2. The number of hydrogen-bond acceptors (Lipinski definition) is 6. The third-order valence-electron chi connectivity index (χ3n) is 3.68. The van der Waals surface area contributed by atoms with Gasteiger partial charge in [-0.1, -0.05) is 0 Å². The van der Waals surface area contributed by atoms with E-state index in [-0.39, 0.29) is 0 Å². The van der Waals surface area contributed by atoms with E-state index in [2.05, 4.69) is 9.97 Å². The summed E-state index contributed by atoms with van der Waals surface area (Å²) >= 11 is 0. The number of nitrogens with zero attached hydrogens (tertiary/aromatic N) is 3. The molecule has 2 aromatic heterocycles. The summed E-state index contributed by atoms with van der Waals surface area (Å²) in [7, 11) is 0. The molecule has 4 atom stereocenters. The number of rotatable bonds is 1. The van der Waals surface area contributed by atoms with E-state index in [0.29, 0.717) is 16.9 Å². The first-order chi connectivity index (χ1) is 8.93. The highest BCUT2D eigenvalue weighted by atomic mass is 16.6. The monoisotopic (exact) mass is 264 g/mol. The Morgan fingerprint density at radius 2 is 2.21 bits per heavy atom. The minimum atomic E-state index is -1.40. The van der Waals surface area contributed by atoms with Crippen molar-refractivity contribution in [1.29, 1.82) is 0 Å². The Bertz CT molecular complexity index is 624. The fourth-order valence-corrected chi connectivity index (χ4v) is 2.56. The zero-order chi connectivity index (χ0) is 13.8. The Balaban J connectivity index is 2.13. The summed E-state index contributed by atoms with van der Waals surface area (Å²) in [6, 6.07) is 1.76. The molecule has 0 amide bonds. The van der Waals surface area contributed by atoms with Crippen molar-refractivity contribution in [3.05, 3.63) is 18.6 Å². The second kappa shape index (κ2) is 3.89. The lowest BCUT2D eigenvalue weighted by molar-refractivity contribution is -0.0933. The molecule has 1 fully saturated rings. The van der Waals surface area contributed by atoms with E-state index in [9.17, 15) is 10.2 Å². The van der Waals surface area contributed by atoms with Crippen LogP contribution in [0.5, 0.6) is 0 Å². The summed E-state index contributed by atoms with van der Waals surface area (Å²) in [5, 5.41) is 21.1.